The molecule has 5 heteroatoms. The van der Waals surface area contributed by atoms with Gasteiger partial charge in [0.1, 0.15) is 0 Å². The molecule has 1 amide bonds. The van der Waals surface area contributed by atoms with Crippen LogP contribution < -0.4 is 5.32 Å². The van der Waals surface area contributed by atoms with Crippen molar-refractivity contribution in [3.05, 3.63) is 48.3 Å². The Balaban J connectivity index is 1.64. The van der Waals surface area contributed by atoms with Crippen molar-refractivity contribution in [2.45, 2.75) is 31.3 Å². The first kappa shape index (κ1) is 13.5. The summed E-state index contributed by atoms with van der Waals surface area (Å²) in [6.45, 7) is 1.93. The maximum atomic E-state index is 13.0. The maximum absolute atomic E-state index is 13.0. The number of benzene rings is 1. The Morgan fingerprint density at radius 3 is 2.95 bits per heavy atom. The molecule has 0 unspecified atom stereocenters. The van der Waals surface area contributed by atoms with Crippen LogP contribution in [0.2, 0.25) is 0 Å². The van der Waals surface area contributed by atoms with Gasteiger partial charge in [0.05, 0.1) is 5.69 Å². The fourth-order valence-corrected chi connectivity index (χ4v) is 3.67. The molecule has 0 saturated carbocycles. The predicted octanol–water partition coefficient (Wildman–Crippen LogP) is 1.84. The summed E-state index contributed by atoms with van der Waals surface area (Å²) in [4.78, 5) is 15.1. The van der Waals surface area contributed by atoms with Crippen molar-refractivity contribution >= 4 is 5.91 Å². The molecule has 2 aromatic rings. The largest absolute Gasteiger partial charge is 0.331 e. The quantitative estimate of drug-likeness (QED) is 0.920. The molecule has 2 aliphatic heterocycles. The number of amides is 1. The van der Waals surface area contributed by atoms with E-state index in [-0.39, 0.29) is 5.91 Å². The van der Waals surface area contributed by atoms with Crippen LogP contribution in [0.3, 0.4) is 0 Å². The van der Waals surface area contributed by atoms with Gasteiger partial charge < -0.3 is 10.2 Å². The van der Waals surface area contributed by atoms with E-state index in [1.54, 1.807) is 10.9 Å². The molecule has 3 heterocycles. The highest BCUT2D eigenvalue weighted by Gasteiger charge is 2.38. The van der Waals surface area contributed by atoms with E-state index < -0.39 is 0 Å². The van der Waals surface area contributed by atoms with E-state index in [2.05, 4.69) is 15.3 Å². The van der Waals surface area contributed by atoms with Crippen LogP contribution in [0.25, 0.3) is 5.69 Å². The Bertz CT molecular complexity index is 653. The third-order valence-corrected chi connectivity index (χ3v) is 4.75. The van der Waals surface area contributed by atoms with Crippen molar-refractivity contribution in [3.63, 3.8) is 0 Å². The van der Waals surface area contributed by atoms with Gasteiger partial charge in [-0.3, -0.25) is 4.79 Å². The maximum Gasteiger partial charge on any atom is 0.254 e. The standard InChI is InChI=1S/C17H20N4O/c22-17(21-14-5-6-16(21)12-18-9-7-14)13-3-1-4-15(11-13)20-10-2-8-19-20/h1-4,8,10-11,14,16,18H,5-7,9,12H2/t14-,16+/m0/s1. The predicted molar refractivity (Wildman–Crippen MR) is 84.0 cm³/mol. The van der Waals surface area contributed by atoms with E-state index in [1.807, 2.05) is 36.5 Å². The van der Waals surface area contributed by atoms with Crippen molar-refractivity contribution in [3.8, 4) is 5.69 Å². The van der Waals surface area contributed by atoms with E-state index >= 15 is 0 Å². The first-order valence-corrected chi connectivity index (χ1v) is 7.96. The molecular formula is C17H20N4O. The zero-order valence-electron chi connectivity index (χ0n) is 12.5. The normalized spacial score (nSPS) is 24.3. The van der Waals surface area contributed by atoms with Crippen LogP contribution in [-0.2, 0) is 0 Å². The average molecular weight is 296 g/mol. The topological polar surface area (TPSA) is 50.2 Å². The smallest absolute Gasteiger partial charge is 0.254 e. The number of nitrogens with one attached hydrogen (secondary N) is 1. The summed E-state index contributed by atoms with van der Waals surface area (Å²) < 4.78 is 1.79. The van der Waals surface area contributed by atoms with Gasteiger partial charge in [-0.1, -0.05) is 6.07 Å². The monoisotopic (exact) mass is 296 g/mol. The molecule has 114 valence electrons. The average Bonchev–Trinajstić information content (AvgIpc) is 3.14. The lowest BCUT2D eigenvalue weighted by Gasteiger charge is -2.28. The fraction of sp³-hybridized carbons (Fsp3) is 0.412. The molecule has 5 nitrogen and oxygen atoms in total. The summed E-state index contributed by atoms with van der Waals surface area (Å²) in [6.07, 6.45) is 6.94. The fourth-order valence-electron chi connectivity index (χ4n) is 3.67. The SMILES string of the molecule is O=C(c1cccc(-n2cccn2)c1)N1[C@@H]2CCNC[C@H]1CC2. The molecule has 2 atom stereocenters. The molecule has 0 spiro atoms. The summed E-state index contributed by atoms with van der Waals surface area (Å²) >= 11 is 0. The second-order valence-electron chi connectivity index (χ2n) is 6.09. The van der Waals surface area contributed by atoms with Gasteiger partial charge >= 0.3 is 0 Å². The minimum absolute atomic E-state index is 0.158. The van der Waals surface area contributed by atoms with E-state index in [1.165, 1.54) is 0 Å². The molecule has 2 aliphatic rings. The highest BCUT2D eigenvalue weighted by molar-refractivity contribution is 5.95. The van der Waals surface area contributed by atoms with Gasteiger partial charge in [0.15, 0.2) is 0 Å². The Kier molecular flexibility index (Phi) is 3.42. The van der Waals surface area contributed by atoms with Crippen molar-refractivity contribution in [1.82, 2.24) is 20.0 Å². The highest BCUT2D eigenvalue weighted by atomic mass is 16.2. The summed E-state index contributed by atoms with van der Waals surface area (Å²) in [5.41, 5.74) is 1.68. The van der Waals surface area contributed by atoms with Gasteiger partial charge in [-0.2, -0.15) is 5.10 Å². The Labute approximate surface area is 129 Å². The van der Waals surface area contributed by atoms with Crippen LogP contribution in [0.4, 0.5) is 0 Å². The number of hydrogen-bond donors (Lipinski definition) is 1. The minimum Gasteiger partial charge on any atom is -0.331 e. The van der Waals surface area contributed by atoms with Crippen molar-refractivity contribution in [2.75, 3.05) is 13.1 Å². The summed E-state index contributed by atoms with van der Waals surface area (Å²) in [7, 11) is 0. The van der Waals surface area contributed by atoms with Crippen LogP contribution in [0.1, 0.15) is 29.6 Å². The van der Waals surface area contributed by atoms with Crippen LogP contribution in [0.5, 0.6) is 0 Å². The molecule has 1 aromatic carbocycles. The molecule has 22 heavy (non-hydrogen) atoms. The number of fused-ring (bicyclic) bond motifs is 2. The molecule has 2 saturated heterocycles. The van der Waals surface area contributed by atoms with Gasteiger partial charge in [-0.15, -0.1) is 0 Å². The van der Waals surface area contributed by atoms with Gasteiger partial charge in [0.25, 0.3) is 5.91 Å². The van der Waals surface area contributed by atoms with Gasteiger partial charge in [0.2, 0.25) is 0 Å². The molecule has 1 aromatic heterocycles. The van der Waals surface area contributed by atoms with E-state index in [9.17, 15) is 4.79 Å². The van der Waals surface area contributed by atoms with Gasteiger partial charge in [-0.05, 0) is 50.1 Å². The third-order valence-electron chi connectivity index (χ3n) is 4.75. The molecule has 1 N–H and O–H groups in total. The number of carbonyl (C=O) groups excluding carboxylic acids is 1. The third kappa shape index (κ3) is 2.31. The molecule has 2 bridgehead atoms. The zero-order valence-corrected chi connectivity index (χ0v) is 12.5. The highest BCUT2D eigenvalue weighted by Crippen LogP contribution is 2.29. The first-order valence-electron chi connectivity index (χ1n) is 7.96. The Morgan fingerprint density at radius 1 is 1.18 bits per heavy atom. The second-order valence-corrected chi connectivity index (χ2v) is 6.09. The second kappa shape index (κ2) is 5.57. The summed E-state index contributed by atoms with van der Waals surface area (Å²) in [5, 5.41) is 7.68. The van der Waals surface area contributed by atoms with E-state index in [0.717, 1.165) is 43.6 Å². The van der Waals surface area contributed by atoms with Crippen molar-refractivity contribution in [1.29, 1.82) is 0 Å². The van der Waals surface area contributed by atoms with Crippen LogP contribution in [0.15, 0.2) is 42.7 Å². The van der Waals surface area contributed by atoms with Crippen LogP contribution in [-0.4, -0.2) is 45.8 Å². The molecule has 4 rings (SSSR count). The van der Waals surface area contributed by atoms with Crippen LogP contribution >= 0.6 is 0 Å². The van der Waals surface area contributed by atoms with Crippen molar-refractivity contribution < 1.29 is 4.79 Å². The van der Waals surface area contributed by atoms with Crippen LogP contribution in [0, 0.1) is 0 Å². The number of hydrogen-bond acceptors (Lipinski definition) is 3. The lowest BCUT2D eigenvalue weighted by Crippen LogP contribution is -2.42. The number of carbonyl (C=O) groups is 1. The summed E-state index contributed by atoms with van der Waals surface area (Å²) in [5.74, 6) is 0.158. The number of nitrogens with zero attached hydrogens (tertiary/aromatic N) is 3. The number of aromatic nitrogens is 2. The minimum atomic E-state index is 0.158. The van der Waals surface area contributed by atoms with E-state index in [0.29, 0.717) is 12.1 Å². The molecule has 2 fully saturated rings. The van der Waals surface area contributed by atoms with Gasteiger partial charge in [-0.25, -0.2) is 4.68 Å². The first-order chi connectivity index (χ1) is 10.8. The van der Waals surface area contributed by atoms with E-state index in [4.69, 9.17) is 0 Å². The lowest BCUT2D eigenvalue weighted by atomic mass is 10.1. The number of rotatable bonds is 2. The van der Waals surface area contributed by atoms with Crippen molar-refractivity contribution in [2.24, 2.45) is 0 Å². The Morgan fingerprint density at radius 2 is 2.09 bits per heavy atom. The van der Waals surface area contributed by atoms with Gasteiger partial charge in [0, 0.05) is 36.6 Å². The zero-order chi connectivity index (χ0) is 14.9. The lowest BCUT2D eigenvalue weighted by molar-refractivity contribution is 0.0680. The Hall–Kier alpha value is -2.14. The summed E-state index contributed by atoms with van der Waals surface area (Å²) in [6, 6.07) is 10.4. The molecule has 0 radical (unpaired) electrons. The molecular weight excluding hydrogens is 276 g/mol. The molecule has 0 aliphatic carbocycles.